The van der Waals surface area contributed by atoms with Gasteiger partial charge in [-0.3, -0.25) is 9.36 Å². The predicted molar refractivity (Wildman–Crippen MR) is 102 cm³/mol. The minimum atomic E-state index is -0.204. The summed E-state index contributed by atoms with van der Waals surface area (Å²) in [6, 6.07) is 2.06. The van der Waals surface area contributed by atoms with Crippen LogP contribution in [0.2, 0.25) is 0 Å². The highest BCUT2D eigenvalue weighted by Crippen LogP contribution is 2.29. The van der Waals surface area contributed by atoms with Crippen LogP contribution in [0.4, 0.5) is 0 Å². The van der Waals surface area contributed by atoms with Crippen molar-refractivity contribution < 1.29 is 9.53 Å². The van der Waals surface area contributed by atoms with Crippen LogP contribution in [0.3, 0.4) is 0 Å². The van der Waals surface area contributed by atoms with Crippen LogP contribution in [-0.2, 0) is 17.0 Å². The number of nitrogens with one attached hydrogen (secondary N) is 1. The second kappa shape index (κ2) is 7.80. The second-order valence-electron chi connectivity index (χ2n) is 6.89. The smallest absolute Gasteiger partial charge is 0.344 e. The van der Waals surface area contributed by atoms with Crippen molar-refractivity contribution in [2.24, 2.45) is 0 Å². The second-order valence-corrected chi connectivity index (χ2v) is 7.83. The molecule has 1 fully saturated rings. The number of nitrogens with zero attached hydrogens (tertiary/aromatic N) is 2. The molecule has 1 N–H and O–H groups in total. The van der Waals surface area contributed by atoms with Crippen LogP contribution in [0.1, 0.15) is 52.4 Å². The number of aromatic nitrogens is 3. The van der Waals surface area contributed by atoms with Crippen molar-refractivity contribution in [3.05, 3.63) is 44.4 Å². The van der Waals surface area contributed by atoms with Gasteiger partial charge in [0.25, 0.3) is 0 Å². The summed E-state index contributed by atoms with van der Waals surface area (Å²) >= 11 is 1.51. The van der Waals surface area contributed by atoms with E-state index in [1.807, 2.05) is 13.8 Å². The molecule has 0 bridgehead atoms. The highest BCUT2D eigenvalue weighted by atomic mass is 32.2. The average molecular weight is 375 g/mol. The standard InChI is InChI=1S/C19H25N3O3S/c1-11-8-12(2)17(14(4)23)13(3)16(11)10-26-19-21-20-18(24)22(19)9-15-6-5-7-25-15/h8,15H,5-7,9-10H2,1-4H3,(H,20,24)/t15-/m0/s1. The molecule has 0 saturated carbocycles. The van der Waals surface area contributed by atoms with E-state index in [0.29, 0.717) is 17.5 Å². The van der Waals surface area contributed by atoms with Gasteiger partial charge in [0.05, 0.1) is 12.6 Å². The van der Waals surface area contributed by atoms with E-state index in [2.05, 4.69) is 23.2 Å². The SMILES string of the molecule is CC(=O)c1c(C)cc(C)c(CSc2n[nH]c(=O)n2C[C@@H]2CCCO2)c1C. The third-order valence-electron chi connectivity index (χ3n) is 4.96. The van der Waals surface area contributed by atoms with E-state index in [1.165, 1.54) is 11.8 Å². The number of aromatic amines is 1. The summed E-state index contributed by atoms with van der Waals surface area (Å²) in [6.45, 7) is 8.92. The summed E-state index contributed by atoms with van der Waals surface area (Å²) in [5, 5.41) is 7.38. The first-order chi connectivity index (χ1) is 12.4. The third-order valence-corrected chi connectivity index (χ3v) is 5.97. The topological polar surface area (TPSA) is 77.0 Å². The fourth-order valence-corrected chi connectivity index (χ4v) is 4.83. The van der Waals surface area contributed by atoms with Crippen molar-refractivity contribution in [2.75, 3.05) is 6.61 Å². The maximum absolute atomic E-state index is 12.1. The van der Waals surface area contributed by atoms with E-state index in [-0.39, 0.29) is 17.6 Å². The summed E-state index contributed by atoms with van der Waals surface area (Å²) in [5.41, 5.74) is 4.91. The van der Waals surface area contributed by atoms with Crippen LogP contribution in [0, 0.1) is 20.8 Å². The van der Waals surface area contributed by atoms with Gasteiger partial charge in [0, 0.05) is 17.9 Å². The maximum atomic E-state index is 12.1. The van der Waals surface area contributed by atoms with Crippen molar-refractivity contribution in [3.8, 4) is 0 Å². The molecule has 0 aliphatic carbocycles. The molecule has 7 heteroatoms. The van der Waals surface area contributed by atoms with Crippen molar-refractivity contribution in [1.82, 2.24) is 14.8 Å². The zero-order valence-electron chi connectivity index (χ0n) is 15.7. The van der Waals surface area contributed by atoms with Gasteiger partial charge >= 0.3 is 5.69 Å². The lowest BCUT2D eigenvalue weighted by atomic mass is 9.92. The minimum Gasteiger partial charge on any atom is -0.376 e. The first-order valence-corrected chi connectivity index (χ1v) is 9.87. The molecule has 3 rings (SSSR count). The molecular weight excluding hydrogens is 350 g/mol. The lowest BCUT2D eigenvalue weighted by Crippen LogP contribution is -2.25. The van der Waals surface area contributed by atoms with Crippen molar-refractivity contribution in [1.29, 1.82) is 0 Å². The van der Waals surface area contributed by atoms with Crippen molar-refractivity contribution >= 4 is 17.5 Å². The van der Waals surface area contributed by atoms with Gasteiger partial charge in [-0.1, -0.05) is 17.8 Å². The molecule has 2 heterocycles. The van der Waals surface area contributed by atoms with E-state index in [0.717, 1.165) is 47.3 Å². The van der Waals surface area contributed by atoms with Crippen LogP contribution in [0.5, 0.6) is 0 Å². The Balaban J connectivity index is 1.83. The molecular formula is C19H25N3O3S. The van der Waals surface area contributed by atoms with Crippen LogP contribution in [0.15, 0.2) is 16.0 Å². The van der Waals surface area contributed by atoms with E-state index in [1.54, 1.807) is 11.5 Å². The fraction of sp³-hybridized carbons (Fsp3) is 0.526. The van der Waals surface area contributed by atoms with Crippen LogP contribution >= 0.6 is 11.8 Å². The summed E-state index contributed by atoms with van der Waals surface area (Å²) in [7, 11) is 0. The molecule has 0 unspecified atom stereocenters. The fourth-order valence-electron chi connectivity index (χ4n) is 3.69. The Hall–Kier alpha value is -1.86. The quantitative estimate of drug-likeness (QED) is 0.620. The number of carbonyl (C=O) groups excluding carboxylic acids is 1. The lowest BCUT2D eigenvalue weighted by molar-refractivity contribution is 0.0941. The maximum Gasteiger partial charge on any atom is 0.344 e. The predicted octanol–water partition coefficient (Wildman–Crippen LogP) is 3.17. The molecule has 1 atom stereocenters. The van der Waals surface area contributed by atoms with Gasteiger partial charge in [-0.15, -0.1) is 5.10 Å². The number of aryl methyl sites for hydroxylation is 2. The summed E-state index contributed by atoms with van der Waals surface area (Å²) in [5.74, 6) is 0.745. The first kappa shape index (κ1) is 18.9. The highest BCUT2D eigenvalue weighted by Gasteiger charge is 2.20. The zero-order valence-corrected chi connectivity index (χ0v) is 16.5. The Bertz CT molecular complexity index is 879. The molecule has 26 heavy (non-hydrogen) atoms. The van der Waals surface area contributed by atoms with Gasteiger partial charge in [-0.25, -0.2) is 9.89 Å². The molecule has 0 radical (unpaired) electrons. The van der Waals surface area contributed by atoms with Gasteiger partial charge in [0.15, 0.2) is 10.9 Å². The van der Waals surface area contributed by atoms with E-state index in [4.69, 9.17) is 4.74 Å². The number of ketones is 1. The van der Waals surface area contributed by atoms with Crippen molar-refractivity contribution in [2.45, 2.75) is 64.1 Å². The monoisotopic (exact) mass is 375 g/mol. The van der Waals surface area contributed by atoms with E-state index >= 15 is 0 Å². The number of thioether (sulfide) groups is 1. The number of H-pyrrole nitrogens is 1. The Morgan fingerprint density at radius 3 is 2.81 bits per heavy atom. The van der Waals surface area contributed by atoms with E-state index < -0.39 is 0 Å². The van der Waals surface area contributed by atoms with Gasteiger partial charge in [0.1, 0.15) is 0 Å². The summed E-state index contributed by atoms with van der Waals surface area (Å²) < 4.78 is 7.30. The number of benzene rings is 1. The third kappa shape index (κ3) is 3.78. The first-order valence-electron chi connectivity index (χ1n) is 8.88. The van der Waals surface area contributed by atoms with Crippen LogP contribution in [0.25, 0.3) is 0 Å². The zero-order chi connectivity index (χ0) is 18.8. The number of rotatable bonds is 6. The van der Waals surface area contributed by atoms with Crippen molar-refractivity contribution in [3.63, 3.8) is 0 Å². The molecule has 1 saturated heterocycles. The molecule has 6 nitrogen and oxygen atoms in total. The molecule has 1 aliphatic rings. The Morgan fingerprint density at radius 2 is 2.15 bits per heavy atom. The number of Topliss-reactive ketones (excluding diaryl/α,β-unsaturated/α-hetero) is 1. The van der Waals surface area contributed by atoms with E-state index in [9.17, 15) is 9.59 Å². The van der Waals surface area contributed by atoms with Crippen LogP contribution in [-0.4, -0.2) is 33.3 Å². The molecule has 0 spiro atoms. The Labute approximate surface area is 157 Å². The van der Waals surface area contributed by atoms with Gasteiger partial charge in [-0.05, 0) is 62.8 Å². The molecule has 0 amide bonds. The molecule has 1 aliphatic heterocycles. The number of hydrogen-bond donors (Lipinski definition) is 1. The Morgan fingerprint density at radius 1 is 1.38 bits per heavy atom. The summed E-state index contributed by atoms with van der Waals surface area (Å²) in [4.78, 5) is 24.1. The van der Waals surface area contributed by atoms with Gasteiger partial charge in [-0.2, -0.15) is 0 Å². The lowest BCUT2D eigenvalue weighted by Gasteiger charge is -2.16. The minimum absolute atomic E-state index is 0.0804. The molecule has 1 aromatic heterocycles. The normalized spacial score (nSPS) is 17.0. The molecule has 1 aromatic carbocycles. The summed E-state index contributed by atoms with van der Waals surface area (Å²) in [6.07, 6.45) is 2.09. The number of ether oxygens (including phenoxy) is 1. The molecule has 2 aromatic rings. The average Bonchev–Trinajstić information content (AvgIpc) is 3.18. The Kier molecular flexibility index (Phi) is 5.67. The highest BCUT2D eigenvalue weighted by molar-refractivity contribution is 7.98. The number of carbonyl (C=O) groups is 1. The van der Waals surface area contributed by atoms with Gasteiger partial charge < -0.3 is 4.74 Å². The largest absolute Gasteiger partial charge is 0.376 e. The van der Waals surface area contributed by atoms with Crippen LogP contribution < -0.4 is 5.69 Å². The molecule has 140 valence electrons. The van der Waals surface area contributed by atoms with Gasteiger partial charge in [0.2, 0.25) is 0 Å². The number of hydrogen-bond acceptors (Lipinski definition) is 5.